The molecule has 4 rings (SSSR count). The van der Waals surface area contributed by atoms with Gasteiger partial charge in [-0.2, -0.15) is 5.10 Å². The Bertz CT molecular complexity index is 1050. The first-order valence-corrected chi connectivity index (χ1v) is 8.48. The Balaban J connectivity index is 1.71. The number of nitrogens with zero attached hydrogens (tertiary/aromatic N) is 2. The van der Waals surface area contributed by atoms with Crippen molar-refractivity contribution in [2.75, 3.05) is 0 Å². The summed E-state index contributed by atoms with van der Waals surface area (Å²) in [7, 11) is 0. The summed E-state index contributed by atoms with van der Waals surface area (Å²) < 4.78 is 0. The van der Waals surface area contributed by atoms with Gasteiger partial charge in [-0.15, -0.1) is 0 Å². The third kappa shape index (κ3) is 3.16. The van der Waals surface area contributed by atoms with Gasteiger partial charge >= 0.3 is 0 Å². The van der Waals surface area contributed by atoms with Crippen LogP contribution in [0.3, 0.4) is 0 Å². The second-order valence-corrected chi connectivity index (χ2v) is 6.39. The molecule has 0 radical (unpaired) electrons. The summed E-state index contributed by atoms with van der Waals surface area (Å²) in [6.07, 6.45) is 7.37. The SMILES string of the molecule is Clc1cccc(Cl)c1C=Cc1n[nH]c2cc(-c3ccncc3)ccc12. The molecule has 0 saturated carbocycles. The number of hydrogen-bond donors (Lipinski definition) is 1. The smallest absolute Gasteiger partial charge is 0.0927 e. The molecule has 0 saturated heterocycles. The van der Waals surface area contributed by atoms with Gasteiger partial charge in [0.25, 0.3) is 0 Å². The van der Waals surface area contributed by atoms with Crippen molar-refractivity contribution >= 4 is 46.3 Å². The van der Waals surface area contributed by atoms with Gasteiger partial charge < -0.3 is 0 Å². The number of aromatic amines is 1. The Labute approximate surface area is 154 Å². The minimum absolute atomic E-state index is 0.614. The van der Waals surface area contributed by atoms with Crippen LogP contribution in [0.1, 0.15) is 11.3 Å². The lowest BCUT2D eigenvalue weighted by Crippen LogP contribution is -1.79. The van der Waals surface area contributed by atoms with Crippen molar-refractivity contribution in [3.8, 4) is 11.1 Å². The van der Waals surface area contributed by atoms with Gasteiger partial charge in [0, 0.05) is 33.4 Å². The summed E-state index contributed by atoms with van der Waals surface area (Å²) in [5.74, 6) is 0. The Morgan fingerprint density at radius 2 is 1.60 bits per heavy atom. The van der Waals surface area contributed by atoms with Crippen LogP contribution in [0, 0.1) is 0 Å². The summed E-state index contributed by atoms with van der Waals surface area (Å²) >= 11 is 12.4. The highest BCUT2D eigenvalue weighted by Crippen LogP contribution is 2.28. The lowest BCUT2D eigenvalue weighted by molar-refractivity contribution is 1.11. The number of H-pyrrole nitrogens is 1. The number of halogens is 2. The topological polar surface area (TPSA) is 41.6 Å². The van der Waals surface area contributed by atoms with E-state index in [2.05, 4.69) is 33.4 Å². The highest BCUT2D eigenvalue weighted by Gasteiger charge is 2.06. The number of benzene rings is 2. The van der Waals surface area contributed by atoms with Crippen molar-refractivity contribution in [2.24, 2.45) is 0 Å². The first-order valence-electron chi connectivity index (χ1n) is 7.73. The summed E-state index contributed by atoms with van der Waals surface area (Å²) in [4.78, 5) is 4.05. The van der Waals surface area contributed by atoms with E-state index < -0.39 is 0 Å². The lowest BCUT2D eigenvalue weighted by atomic mass is 10.0. The normalized spacial score (nSPS) is 11.4. The van der Waals surface area contributed by atoms with Crippen LogP contribution in [0.5, 0.6) is 0 Å². The number of hydrogen-bond acceptors (Lipinski definition) is 2. The van der Waals surface area contributed by atoms with Crippen LogP contribution in [-0.2, 0) is 0 Å². The maximum Gasteiger partial charge on any atom is 0.0927 e. The Morgan fingerprint density at radius 1 is 0.840 bits per heavy atom. The molecule has 122 valence electrons. The van der Waals surface area contributed by atoms with Crippen LogP contribution < -0.4 is 0 Å². The molecule has 2 aromatic heterocycles. The predicted molar refractivity (Wildman–Crippen MR) is 105 cm³/mol. The molecule has 2 aromatic carbocycles. The van der Waals surface area contributed by atoms with E-state index >= 15 is 0 Å². The largest absolute Gasteiger partial charge is 0.277 e. The van der Waals surface area contributed by atoms with E-state index in [0.717, 1.165) is 33.3 Å². The molecule has 0 atom stereocenters. The van der Waals surface area contributed by atoms with Crippen molar-refractivity contribution in [3.05, 3.63) is 82.2 Å². The predicted octanol–water partition coefficient (Wildman–Crippen LogP) is 6.10. The van der Waals surface area contributed by atoms with Crippen LogP contribution in [0.4, 0.5) is 0 Å². The molecule has 0 aliphatic carbocycles. The van der Waals surface area contributed by atoms with Crippen LogP contribution in [0.25, 0.3) is 34.2 Å². The number of fused-ring (bicyclic) bond motifs is 1. The van der Waals surface area contributed by atoms with Crippen molar-refractivity contribution in [1.82, 2.24) is 15.2 Å². The fraction of sp³-hybridized carbons (Fsp3) is 0. The number of aromatic nitrogens is 3. The first kappa shape index (κ1) is 15.9. The monoisotopic (exact) mass is 365 g/mol. The van der Waals surface area contributed by atoms with E-state index in [1.54, 1.807) is 12.4 Å². The highest BCUT2D eigenvalue weighted by atomic mass is 35.5. The summed E-state index contributed by atoms with van der Waals surface area (Å²) in [5.41, 5.74) is 4.83. The van der Waals surface area contributed by atoms with E-state index in [1.165, 1.54) is 0 Å². The number of nitrogens with one attached hydrogen (secondary N) is 1. The quantitative estimate of drug-likeness (QED) is 0.476. The third-order valence-corrected chi connectivity index (χ3v) is 4.67. The molecule has 0 bridgehead atoms. The zero-order chi connectivity index (χ0) is 17.2. The first-order chi connectivity index (χ1) is 12.2. The average Bonchev–Trinajstić information content (AvgIpc) is 3.04. The lowest BCUT2D eigenvalue weighted by Gasteiger charge is -2.01. The standard InChI is InChI=1S/C20H13Cl2N3/c21-17-2-1-3-18(22)15(17)6-7-19-16-5-4-14(12-20(16)25-24-19)13-8-10-23-11-9-13/h1-12H,(H,24,25). The van der Waals surface area contributed by atoms with Crippen LogP contribution >= 0.6 is 23.2 Å². The van der Waals surface area contributed by atoms with E-state index in [-0.39, 0.29) is 0 Å². The van der Waals surface area contributed by atoms with Crippen molar-refractivity contribution < 1.29 is 0 Å². The maximum absolute atomic E-state index is 6.21. The molecular weight excluding hydrogens is 353 g/mol. The van der Waals surface area contributed by atoms with Gasteiger partial charge in [0.15, 0.2) is 0 Å². The molecule has 5 heteroatoms. The summed E-state index contributed by atoms with van der Waals surface area (Å²) in [6, 6.07) is 15.6. The zero-order valence-corrected chi connectivity index (χ0v) is 14.6. The summed E-state index contributed by atoms with van der Waals surface area (Å²) in [6.45, 7) is 0. The van der Waals surface area contributed by atoms with Gasteiger partial charge in [-0.3, -0.25) is 10.1 Å². The van der Waals surface area contributed by atoms with Gasteiger partial charge in [-0.25, -0.2) is 0 Å². The molecule has 2 heterocycles. The Hall–Kier alpha value is -2.62. The van der Waals surface area contributed by atoms with Gasteiger partial charge in [-0.05, 0) is 59.7 Å². The van der Waals surface area contributed by atoms with Crippen LogP contribution in [0.2, 0.25) is 10.0 Å². The maximum atomic E-state index is 6.21. The fourth-order valence-corrected chi connectivity index (χ4v) is 3.25. The van der Waals surface area contributed by atoms with Gasteiger partial charge in [0.1, 0.15) is 0 Å². The molecule has 4 aromatic rings. The minimum atomic E-state index is 0.614. The second kappa shape index (κ2) is 6.71. The molecule has 0 aliphatic heterocycles. The third-order valence-electron chi connectivity index (χ3n) is 4.01. The molecule has 1 N–H and O–H groups in total. The molecule has 0 aliphatic rings. The number of pyridine rings is 1. The molecule has 3 nitrogen and oxygen atoms in total. The van der Waals surface area contributed by atoms with Gasteiger partial charge in [-0.1, -0.05) is 35.3 Å². The van der Waals surface area contributed by atoms with Crippen LogP contribution in [-0.4, -0.2) is 15.2 Å². The Morgan fingerprint density at radius 3 is 2.36 bits per heavy atom. The average molecular weight is 366 g/mol. The number of rotatable bonds is 3. The Kier molecular flexibility index (Phi) is 4.26. The van der Waals surface area contributed by atoms with Gasteiger partial charge in [0.05, 0.1) is 11.2 Å². The molecule has 0 spiro atoms. The van der Waals surface area contributed by atoms with E-state index in [9.17, 15) is 0 Å². The van der Waals surface area contributed by atoms with Crippen molar-refractivity contribution in [3.63, 3.8) is 0 Å². The molecule has 0 amide bonds. The molecule has 0 unspecified atom stereocenters. The molecular formula is C20H13Cl2N3. The molecule has 25 heavy (non-hydrogen) atoms. The van der Waals surface area contributed by atoms with Crippen LogP contribution in [0.15, 0.2) is 60.9 Å². The fourth-order valence-electron chi connectivity index (χ4n) is 2.72. The highest BCUT2D eigenvalue weighted by molar-refractivity contribution is 6.37. The summed E-state index contributed by atoms with van der Waals surface area (Å²) in [5, 5.41) is 9.74. The van der Waals surface area contributed by atoms with Gasteiger partial charge in [0.2, 0.25) is 0 Å². The van der Waals surface area contributed by atoms with Crippen molar-refractivity contribution in [1.29, 1.82) is 0 Å². The minimum Gasteiger partial charge on any atom is -0.277 e. The zero-order valence-electron chi connectivity index (χ0n) is 13.1. The van der Waals surface area contributed by atoms with E-state index in [1.807, 2.05) is 42.5 Å². The van der Waals surface area contributed by atoms with E-state index in [0.29, 0.717) is 10.0 Å². The molecule has 0 fully saturated rings. The van der Waals surface area contributed by atoms with E-state index in [4.69, 9.17) is 23.2 Å². The second-order valence-electron chi connectivity index (χ2n) is 5.57. The van der Waals surface area contributed by atoms with Crippen molar-refractivity contribution in [2.45, 2.75) is 0 Å².